The Balaban J connectivity index is 2.15. The summed E-state index contributed by atoms with van der Waals surface area (Å²) in [5.41, 5.74) is 3.87. The lowest BCUT2D eigenvalue weighted by Gasteiger charge is -2.04. The first kappa shape index (κ1) is 15.7. The van der Waals surface area contributed by atoms with E-state index in [1.807, 2.05) is 44.2 Å². The Labute approximate surface area is 139 Å². The summed E-state index contributed by atoms with van der Waals surface area (Å²) in [6, 6.07) is 14.1. The fourth-order valence-corrected chi connectivity index (χ4v) is 3.71. The number of amides is 1. The zero-order valence-corrected chi connectivity index (χ0v) is 14.5. The molecular formula is C19H20N2OS. The van der Waals surface area contributed by atoms with Gasteiger partial charge in [0.25, 0.3) is 5.91 Å². The molecule has 0 N–H and O–H groups in total. The van der Waals surface area contributed by atoms with Crippen LogP contribution in [0, 0.1) is 13.8 Å². The predicted octanol–water partition coefficient (Wildman–Crippen LogP) is 4.47. The molecule has 0 saturated carbocycles. The van der Waals surface area contributed by atoms with Crippen molar-refractivity contribution >= 4 is 27.5 Å². The summed E-state index contributed by atoms with van der Waals surface area (Å²) in [5, 5.41) is 0. The van der Waals surface area contributed by atoms with Gasteiger partial charge in [-0.1, -0.05) is 48.1 Å². The molecule has 1 amide bonds. The minimum atomic E-state index is -0.164. The third-order valence-corrected chi connectivity index (χ3v) is 4.92. The van der Waals surface area contributed by atoms with Crippen molar-refractivity contribution in [3.05, 3.63) is 64.0 Å². The van der Waals surface area contributed by atoms with Gasteiger partial charge in [-0.05, 0) is 44.0 Å². The molecule has 0 saturated heterocycles. The van der Waals surface area contributed by atoms with E-state index < -0.39 is 0 Å². The standard InChI is InChI=1S/C19H20N2OS/c1-4-11-21-16-7-5-6-8-17(16)23-19(21)20-18(22)15-12-13(2)9-10-14(15)3/h5-10,12H,4,11H2,1-3H3. The first-order valence-electron chi connectivity index (χ1n) is 7.85. The van der Waals surface area contributed by atoms with Crippen LogP contribution in [0.4, 0.5) is 0 Å². The third kappa shape index (κ3) is 3.13. The normalized spacial score (nSPS) is 12.0. The van der Waals surface area contributed by atoms with Crippen molar-refractivity contribution in [1.82, 2.24) is 4.57 Å². The van der Waals surface area contributed by atoms with Gasteiger partial charge in [-0.3, -0.25) is 4.79 Å². The van der Waals surface area contributed by atoms with Gasteiger partial charge in [0.1, 0.15) is 0 Å². The molecule has 3 aromatic rings. The molecule has 2 aromatic carbocycles. The minimum Gasteiger partial charge on any atom is -0.316 e. The molecule has 0 bridgehead atoms. The molecule has 23 heavy (non-hydrogen) atoms. The Morgan fingerprint density at radius 1 is 1.17 bits per heavy atom. The van der Waals surface area contributed by atoms with E-state index in [9.17, 15) is 4.79 Å². The maximum atomic E-state index is 12.6. The number of benzene rings is 2. The summed E-state index contributed by atoms with van der Waals surface area (Å²) in [7, 11) is 0. The molecular weight excluding hydrogens is 304 g/mol. The highest BCUT2D eigenvalue weighted by Gasteiger charge is 2.10. The molecule has 0 unspecified atom stereocenters. The lowest BCUT2D eigenvalue weighted by Crippen LogP contribution is -2.17. The van der Waals surface area contributed by atoms with Crippen LogP contribution >= 0.6 is 11.3 Å². The highest BCUT2D eigenvalue weighted by molar-refractivity contribution is 7.16. The fourth-order valence-electron chi connectivity index (χ4n) is 2.66. The van der Waals surface area contributed by atoms with Crippen molar-refractivity contribution in [3.63, 3.8) is 0 Å². The van der Waals surface area contributed by atoms with Gasteiger partial charge < -0.3 is 4.57 Å². The second-order valence-electron chi connectivity index (χ2n) is 5.74. The molecule has 0 aliphatic rings. The third-order valence-electron chi connectivity index (χ3n) is 3.86. The van der Waals surface area contributed by atoms with E-state index in [-0.39, 0.29) is 5.91 Å². The van der Waals surface area contributed by atoms with Crippen LogP contribution in [0.5, 0.6) is 0 Å². The molecule has 3 rings (SSSR count). The van der Waals surface area contributed by atoms with Gasteiger partial charge in [0.15, 0.2) is 4.80 Å². The highest BCUT2D eigenvalue weighted by atomic mass is 32.1. The minimum absolute atomic E-state index is 0.164. The van der Waals surface area contributed by atoms with E-state index in [0.29, 0.717) is 5.56 Å². The van der Waals surface area contributed by atoms with Crippen LogP contribution in [-0.4, -0.2) is 10.5 Å². The second-order valence-corrected chi connectivity index (χ2v) is 6.75. The Kier molecular flexibility index (Phi) is 4.44. The number of para-hydroxylation sites is 1. The van der Waals surface area contributed by atoms with Crippen LogP contribution < -0.4 is 4.80 Å². The summed E-state index contributed by atoms with van der Waals surface area (Å²) in [5.74, 6) is -0.164. The van der Waals surface area contributed by atoms with E-state index >= 15 is 0 Å². The number of hydrogen-bond donors (Lipinski definition) is 0. The van der Waals surface area contributed by atoms with Crippen molar-refractivity contribution in [2.45, 2.75) is 33.7 Å². The van der Waals surface area contributed by atoms with Gasteiger partial charge in [0.05, 0.1) is 10.2 Å². The average molecular weight is 324 g/mol. The number of aryl methyl sites for hydroxylation is 3. The predicted molar refractivity (Wildman–Crippen MR) is 95.9 cm³/mol. The number of fused-ring (bicyclic) bond motifs is 1. The quantitative estimate of drug-likeness (QED) is 0.700. The number of rotatable bonds is 3. The van der Waals surface area contributed by atoms with Crippen molar-refractivity contribution in [3.8, 4) is 0 Å². The molecule has 118 valence electrons. The number of aromatic nitrogens is 1. The summed E-state index contributed by atoms with van der Waals surface area (Å²) in [6.07, 6.45) is 1.01. The number of carbonyl (C=O) groups is 1. The molecule has 1 aromatic heterocycles. The highest BCUT2D eigenvalue weighted by Crippen LogP contribution is 2.17. The number of carbonyl (C=O) groups excluding carboxylic acids is 1. The van der Waals surface area contributed by atoms with E-state index in [1.165, 1.54) is 0 Å². The number of hydrogen-bond acceptors (Lipinski definition) is 2. The Morgan fingerprint density at radius 3 is 2.74 bits per heavy atom. The Hall–Kier alpha value is -2.20. The van der Waals surface area contributed by atoms with Crippen LogP contribution in [0.3, 0.4) is 0 Å². The average Bonchev–Trinajstić information content (AvgIpc) is 2.88. The SMILES string of the molecule is CCCn1c(=NC(=O)c2cc(C)ccc2C)sc2ccccc21. The van der Waals surface area contributed by atoms with Crippen LogP contribution in [0.2, 0.25) is 0 Å². The van der Waals surface area contributed by atoms with E-state index in [4.69, 9.17) is 0 Å². The van der Waals surface area contributed by atoms with E-state index in [2.05, 4.69) is 28.6 Å². The van der Waals surface area contributed by atoms with Crippen molar-refractivity contribution in [2.24, 2.45) is 4.99 Å². The Morgan fingerprint density at radius 2 is 1.96 bits per heavy atom. The molecule has 0 aliphatic heterocycles. The van der Waals surface area contributed by atoms with Gasteiger partial charge >= 0.3 is 0 Å². The second kappa shape index (κ2) is 6.50. The van der Waals surface area contributed by atoms with Gasteiger partial charge in [-0.25, -0.2) is 0 Å². The summed E-state index contributed by atoms with van der Waals surface area (Å²) < 4.78 is 3.30. The lowest BCUT2D eigenvalue weighted by molar-refractivity contribution is 0.0997. The number of thiazole rings is 1. The van der Waals surface area contributed by atoms with Crippen LogP contribution in [0.25, 0.3) is 10.2 Å². The van der Waals surface area contributed by atoms with Gasteiger partial charge in [0, 0.05) is 12.1 Å². The number of nitrogens with zero attached hydrogens (tertiary/aromatic N) is 2. The maximum absolute atomic E-state index is 12.6. The molecule has 0 atom stereocenters. The van der Waals surface area contributed by atoms with Crippen LogP contribution in [0.15, 0.2) is 47.5 Å². The van der Waals surface area contributed by atoms with Crippen molar-refractivity contribution in [1.29, 1.82) is 0 Å². The summed E-state index contributed by atoms with van der Waals surface area (Å²) >= 11 is 1.57. The monoisotopic (exact) mass is 324 g/mol. The van der Waals surface area contributed by atoms with Crippen molar-refractivity contribution < 1.29 is 4.79 Å². The van der Waals surface area contributed by atoms with Gasteiger partial charge in [-0.15, -0.1) is 0 Å². The van der Waals surface area contributed by atoms with Gasteiger partial charge in [0.2, 0.25) is 0 Å². The van der Waals surface area contributed by atoms with Crippen LogP contribution in [0.1, 0.15) is 34.8 Å². The smallest absolute Gasteiger partial charge is 0.279 e. The molecule has 0 radical (unpaired) electrons. The van der Waals surface area contributed by atoms with Gasteiger partial charge in [-0.2, -0.15) is 4.99 Å². The summed E-state index contributed by atoms with van der Waals surface area (Å²) in [4.78, 5) is 17.9. The lowest BCUT2D eigenvalue weighted by atomic mass is 10.1. The molecule has 3 nitrogen and oxygen atoms in total. The topological polar surface area (TPSA) is 34.4 Å². The summed E-state index contributed by atoms with van der Waals surface area (Å²) in [6.45, 7) is 6.94. The molecule has 0 aliphatic carbocycles. The zero-order chi connectivity index (χ0) is 16.4. The molecule has 1 heterocycles. The zero-order valence-electron chi connectivity index (χ0n) is 13.7. The molecule has 4 heteroatoms. The first-order chi connectivity index (χ1) is 11.1. The van der Waals surface area contributed by atoms with E-state index in [0.717, 1.165) is 39.1 Å². The molecule has 0 fully saturated rings. The first-order valence-corrected chi connectivity index (χ1v) is 8.66. The Bertz CT molecular complexity index is 934. The fraction of sp³-hybridized carbons (Fsp3) is 0.263. The van der Waals surface area contributed by atoms with Crippen LogP contribution in [-0.2, 0) is 6.54 Å². The molecule has 0 spiro atoms. The maximum Gasteiger partial charge on any atom is 0.279 e. The van der Waals surface area contributed by atoms with E-state index in [1.54, 1.807) is 11.3 Å². The largest absolute Gasteiger partial charge is 0.316 e. The van der Waals surface area contributed by atoms with Crippen molar-refractivity contribution in [2.75, 3.05) is 0 Å².